The molecule has 0 bridgehead atoms. The summed E-state index contributed by atoms with van der Waals surface area (Å²) in [5, 5.41) is 9.17. The molecule has 3 rings (SSSR count). The Hall–Kier alpha value is -3.33. The quantitative estimate of drug-likeness (QED) is 0.579. The van der Waals surface area contributed by atoms with Gasteiger partial charge >= 0.3 is 12.1 Å². The van der Waals surface area contributed by atoms with E-state index in [1.807, 2.05) is 0 Å². The molecule has 0 amide bonds. The molecule has 3 aromatic rings. The molecule has 0 saturated heterocycles. The van der Waals surface area contributed by atoms with Gasteiger partial charge in [0.1, 0.15) is 0 Å². The molecule has 0 atom stereocenters. The zero-order valence-electron chi connectivity index (χ0n) is 15.6. The van der Waals surface area contributed by atoms with Gasteiger partial charge in [-0.25, -0.2) is 13.2 Å². The van der Waals surface area contributed by atoms with E-state index in [9.17, 15) is 26.4 Å². The van der Waals surface area contributed by atoms with E-state index in [2.05, 4.69) is 4.72 Å². The number of rotatable bonds is 5. The molecule has 2 N–H and O–H groups in total. The number of sulfonamides is 1. The lowest BCUT2D eigenvalue weighted by Gasteiger charge is -2.11. The summed E-state index contributed by atoms with van der Waals surface area (Å²) >= 11 is 0. The molecule has 0 saturated carbocycles. The minimum absolute atomic E-state index is 0.115. The summed E-state index contributed by atoms with van der Waals surface area (Å²) in [5.41, 5.74) is 0.938. The Morgan fingerprint density at radius 2 is 1.43 bits per heavy atom. The van der Waals surface area contributed by atoms with E-state index in [-0.39, 0.29) is 16.1 Å². The van der Waals surface area contributed by atoms with Gasteiger partial charge in [-0.1, -0.05) is 30.3 Å². The Bertz CT molecular complexity index is 1190. The highest BCUT2D eigenvalue weighted by atomic mass is 32.2. The zero-order chi connectivity index (χ0) is 22.1. The lowest BCUT2D eigenvalue weighted by Crippen LogP contribution is -2.14. The smallest absolute Gasteiger partial charge is 0.416 e. The van der Waals surface area contributed by atoms with Crippen molar-refractivity contribution in [3.05, 3.63) is 83.4 Å². The van der Waals surface area contributed by atoms with E-state index in [1.54, 1.807) is 19.1 Å². The molecule has 5 nitrogen and oxygen atoms in total. The van der Waals surface area contributed by atoms with Gasteiger partial charge in [-0.15, -0.1) is 0 Å². The average Bonchev–Trinajstić information content (AvgIpc) is 2.67. The molecule has 0 radical (unpaired) electrons. The van der Waals surface area contributed by atoms with E-state index in [0.29, 0.717) is 16.7 Å². The lowest BCUT2D eigenvalue weighted by molar-refractivity contribution is -0.137. The van der Waals surface area contributed by atoms with Crippen molar-refractivity contribution in [2.45, 2.75) is 18.0 Å². The number of carbonyl (C=O) groups is 1. The summed E-state index contributed by atoms with van der Waals surface area (Å²) in [4.78, 5) is 11.0. The first-order chi connectivity index (χ1) is 14.0. The number of aromatic carboxylic acids is 1. The maximum absolute atomic E-state index is 12.7. The number of hydrogen-bond donors (Lipinski definition) is 2. The summed E-state index contributed by atoms with van der Waals surface area (Å²) < 4.78 is 65.5. The molecule has 0 aliphatic carbocycles. The van der Waals surface area contributed by atoms with E-state index in [4.69, 9.17) is 5.11 Å². The predicted octanol–water partition coefficient (Wildman–Crippen LogP) is 5.18. The fourth-order valence-corrected chi connectivity index (χ4v) is 3.88. The van der Waals surface area contributed by atoms with Crippen LogP contribution in [0.4, 0.5) is 18.9 Å². The summed E-state index contributed by atoms with van der Waals surface area (Å²) in [7, 11) is -4.02. The van der Waals surface area contributed by atoms with Crippen LogP contribution in [0.25, 0.3) is 11.1 Å². The number of halogens is 3. The maximum atomic E-state index is 12.7. The van der Waals surface area contributed by atoms with Crippen LogP contribution in [0.3, 0.4) is 0 Å². The molecule has 3 aromatic carbocycles. The van der Waals surface area contributed by atoms with Gasteiger partial charge in [0.05, 0.1) is 16.0 Å². The van der Waals surface area contributed by atoms with Crippen molar-refractivity contribution >= 4 is 21.7 Å². The Morgan fingerprint density at radius 1 is 0.900 bits per heavy atom. The first kappa shape index (κ1) is 21.4. The highest BCUT2D eigenvalue weighted by molar-refractivity contribution is 7.92. The number of anilines is 1. The molecule has 0 aliphatic heterocycles. The predicted molar refractivity (Wildman–Crippen MR) is 106 cm³/mol. The van der Waals surface area contributed by atoms with Crippen molar-refractivity contribution in [1.82, 2.24) is 0 Å². The van der Waals surface area contributed by atoms with Gasteiger partial charge in [0.15, 0.2) is 0 Å². The van der Waals surface area contributed by atoms with E-state index in [0.717, 1.165) is 18.2 Å². The number of hydrogen-bond acceptors (Lipinski definition) is 3. The van der Waals surface area contributed by atoms with E-state index in [1.165, 1.54) is 36.4 Å². The van der Waals surface area contributed by atoms with Crippen molar-refractivity contribution in [2.24, 2.45) is 0 Å². The largest absolute Gasteiger partial charge is 0.478 e. The minimum Gasteiger partial charge on any atom is -0.478 e. The molecule has 0 spiro atoms. The van der Waals surface area contributed by atoms with Crippen LogP contribution in [0.2, 0.25) is 0 Å². The van der Waals surface area contributed by atoms with Crippen molar-refractivity contribution in [2.75, 3.05) is 4.72 Å². The molecule has 30 heavy (non-hydrogen) atoms. The first-order valence-electron chi connectivity index (χ1n) is 8.62. The number of aryl methyl sites for hydroxylation is 1. The first-order valence-corrected chi connectivity index (χ1v) is 10.1. The number of benzene rings is 3. The second-order valence-electron chi connectivity index (χ2n) is 6.54. The van der Waals surface area contributed by atoms with Gasteiger partial charge in [0.2, 0.25) is 0 Å². The number of carboxylic acids is 1. The number of nitrogens with one attached hydrogen (secondary N) is 1. The SMILES string of the molecule is Cc1ccc(S(=O)(=O)Nc2ccc(-c3ccc(C(F)(F)F)cc3)cc2)cc1C(=O)O. The number of alkyl halides is 3. The Labute approximate surface area is 170 Å². The second-order valence-corrected chi connectivity index (χ2v) is 8.22. The third-order valence-electron chi connectivity index (χ3n) is 4.43. The van der Waals surface area contributed by atoms with Crippen LogP contribution in [0.15, 0.2) is 71.6 Å². The van der Waals surface area contributed by atoms with Crippen LogP contribution in [-0.2, 0) is 16.2 Å². The average molecular weight is 435 g/mol. The van der Waals surface area contributed by atoms with E-state index < -0.39 is 27.7 Å². The highest BCUT2D eigenvalue weighted by Gasteiger charge is 2.30. The Balaban J connectivity index is 1.81. The molecule has 0 unspecified atom stereocenters. The molecular weight excluding hydrogens is 419 g/mol. The molecule has 0 aliphatic rings. The van der Waals surface area contributed by atoms with Crippen molar-refractivity contribution in [3.63, 3.8) is 0 Å². The van der Waals surface area contributed by atoms with Gasteiger partial charge < -0.3 is 5.11 Å². The lowest BCUT2D eigenvalue weighted by atomic mass is 10.0. The van der Waals surface area contributed by atoms with Gasteiger partial charge in [-0.2, -0.15) is 13.2 Å². The van der Waals surface area contributed by atoms with Crippen LogP contribution in [0.1, 0.15) is 21.5 Å². The van der Waals surface area contributed by atoms with Gasteiger partial charge in [-0.05, 0) is 60.0 Å². The molecule has 9 heteroatoms. The fourth-order valence-electron chi connectivity index (χ4n) is 2.80. The van der Waals surface area contributed by atoms with Crippen LogP contribution < -0.4 is 4.72 Å². The molecular formula is C21H16F3NO4S. The van der Waals surface area contributed by atoms with Crippen molar-refractivity contribution < 1.29 is 31.5 Å². The summed E-state index contributed by atoms with van der Waals surface area (Å²) in [6.45, 7) is 1.56. The fraction of sp³-hybridized carbons (Fsp3) is 0.0952. The minimum atomic E-state index is -4.42. The Morgan fingerprint density at radius 3 is 1.93 bits per heavy atom. The van der Waals surface area contributed by atoms with Crippen molar-refractivity contribution in [3.8, 4) is 11.1 Å². The van der Waals surface area contributed by atoms with E-state index >= 15 is 0 Å². The van der Waals surface area contributed by atoms with Gasteiger partial charge in [-0.3, -0.25) is 4.72 Å². The zero-order valence-corrected chi connectivity index (χ0v) is 16.4. The summed E-state index contributed by atoms with van der Waals surface area (Å²) in [6.07, 6.45) is -4.42. The molecule has 156 valence electrons. The van der Waals surface area contributed by atoms with Crippen LogP contribution in [0.5, 0.6) is 0 Å². The maximum Gasteiger partial charge on any atom is 0.416 e. The third-order valence-corrected chi connectivity index (χ3v) is 5.81. The Kier molecular flexibility index (Phi) is 5.58. The van der Waals surface area contributed by atoms with Gasteiger partial charge in [0.25, 0.3) is 10.0 Å². The van der Waals surface area contributed by atoms with Crippen LogP contribution in [-0.4, -0.2) is 19.5 Å². The summed E-state index contributed by atoms with van der Waals surface area (Å²) in [6, 6.07) is 14.5. The second kappa shape index (κ2) is 7.83. The molecule has 0 fully saturated rings. The topological polar surface area (TPSA) is 83.5 Å². The monoisotopic (exact) mass is 435 g/mol. The highest BCUT2D eigenvalue weighted by Crippen LogP contribution is 2.31. The molecule has 0 aromatic heterocycles. The van der Waals surface area contributed by atoms with Crippen molar-refractivity contribution in [1.29, 1.82) is 0 Å². The molecule has 0 heterocycles. The normalized spacial score (nSPS) is 11.9. The van der Waals surface area contributed by atoms with Gasteiger partial charge in [0, 0.05) is 5.69 Å². The third kappa shape index (κ3) is 4.62. The standard InChI is InChI=1S/C21H16F3NO4S/c1-13-2-11-18(12-19(13)20(26)27)30(28,29)25-17-9-5-15(6-10-17)14-3-7-16(8-4-14)21(22,23)24/h2-12,25H,1H3,(H,26,27). The number of carboxylic acid groups (broad SMARTS) is 1. The summed E-state index contributed by atoms with van der Waals surface area (Å²) in [5.74, 6) is -1.23. The van der Waals surface area contributed by atoms with Crippen LogP contribution >= 0.6 is 0 Å². The van der Waals surface area contributed by atoms with Crippen LogP contribution in [0, 0.1) is 6.92 Å².